The van der Waals surface area contributed by atoms with Crippen LogP contribution in [0.25, 0.3) is 0 Å². The van der Waals surface area contributed by atoms with Crippen molar-refractivity contribution in [3.05, 3.63) is 0 Å². The quantitative estimate of drug-likeness (QED) is 0.0338. The van der Waals surface area contributed by atoms with E-state index in [0.29, 0.717) is 12.8 Å². The smallest absolute Gasteiger partial charge is 0.305 e. The second-order valence-corrected chi connectivity index (χ2v) is 15.1. The van der Waals surface area contributed by atoms with Crippen LogP contribution in [0.1, 0.15) is 64.2 Å². The number of aliphatic hydroxyl groups is 12. The minimum Gasteiger partial charge on any atom is -0.469 e. The van der Waals surface area contributed by atoms with Crippen molar-refractivity contribution in [1.29, 1.82) is 0 Å². The van der Waals surface area contributed by atoms with Gasteiger partial charge in [-0.1, -0.05) is 44.9 Å². The van der Waals surface area contributed by atoms with Gasteiger partial charge in [-0.25, -0.2) is 0 Å². The summed E-state index contributed by atoms with van der Waals surface area (Å²) in [6.45, 7) is -2.44. The molecule has 0 aromatic heterocycles. The highest BCUT2D eigenvalue weighted by Crippen LogP contribution is 2.32. The molecule has 340 valence electrons. The molecule has 19 atom stereocenters. The summed E-state index contributed by atoms with van der Waals surface area (Å²) in [6.07, 6.45) is -21.7. The van der Waals surface area contributed by atoms with Gasteiger partial charge in [-0.3, -0.25) is 4.79 Å². The highest BCUT2D eigenvalue weighted by molar-refractivity contribution is 5.68. The number of ether oxygens (including phenoxy) is 9. The lowest BCUT2D eigenvalue weighted by Gasteiger charge is -2.44. The molecule has 0 bridgehead atoms. The summed E-state index contributed by atoms with van der Waals surface area (Å²) in [4.78, 5) is 11.2. The van der Waals surface area contributed by atoms with Crippen molar-refractivity contribution in [3.8, 4) is 0 Å². The van der Waals surface area contributed by atoms with Crippen LogP contribution < -0.4 is 0 Å². The predicted molar refractivity (Wildman–Crippen MR) is 190 cm³/mol. The first kappa shape index (κ1) is 49.3. The molecule has 0 aromatic rings. The fourth-order valence-corrected chi connectivity index (χ4v) is 7.14. The van der Waals surface area contributed by atoms with Crippen molar-refractivity contribution in [3.63, 3.8) is 0 Å². The summed E-state index contributed by atoms with van der Waals surface area (Å²) in [5, 5.41) is 124. The summed E-state index contributed by atoms with van der Waals surface area (Å²) in [5.74, 6) is -0.209. The lowest BCUT2D eigenvalue weighted by atomic mass is 9.98. The van der Waals surface area contributed by atoms with Crippen LogP contribution >= 0.6 is 0 Å². The number of hydrogen-bond acceptors (Lipinski definition) is 22. The molecule has 12 N–H and O–H groups in total. The van der Waals surface area contributed by atoms with Crippen LogP contribution in [0.2, 0.25) is 0 Å². The standard InChI is InChI=1S/C36H64O22/c1-50-21(39)11-9-7-5-3-2-4-6-8-10-12-51-36-32(58-35-29(47)23(41)18(14-38)55-35)28(46)25(43)20(57-36)16-53-34-31(49)27(45)24(42)19(56-34)15-52-33-30(48)26(44)22(40)17(13-37)54-33/h17-20,22-38,40-49H,2-16H2,1H3/t17-,18+,19-,20-,22+,23+,24+,25+,26+,27+,28+,29-,30-,31-,32-,33-,34-,35-,36-/m1/s1. The average Bonchev–Trinajstić information content (AvgIpc) is 3.49. The minimum atomic E-state index is -1.85. The lowest BCUT2D eigenvalue weighted by molar-refractivity contribution is -0.354. The van der Waals surface area contributed by atoms with E-state index in [2.05, 4.69) is 4.74 Å². The van der Waals surface area contributed by atoms with Gasteiger partial charge in [0.1, 0.15) is 91.6 Å². The molecule has 0 saturated carbocycles. The van der Waals surface area contributed by atoms with Crippen LogP contribution in [-0.2, 0) is 47.4 Å². The summed E-state index contributed by atoms with van der Waals surface area (Å²) >= 11 is 0. The zero-order valence-corrected chi connectivity index (χ0v) is 32.5. The highest BCUT2D eigenvalue weighted by atomic mass is 16.8. The molecular weight excluding hydrogens is 784 g/mol. The third-order valence-electron chi connectivity index (χ3n) is 10.8. The molecule has 22 nitrogen and oxygen atoms in total. The second kappa shape index (κ2) is 24.3. The molecule has 0 radical (unpaired) electrons. The monoisotopic (exact) mass is 848 g/mol. The Hall–Kier alpha value is -1.33. The lowest BCUT2D eigenvalue weighted by Crippen LogP contribution is -2.63. The maximum atomic E-state index is 11.2. The summed E-state index contributed by atoms with van der Waals surface area (Å²) < 4.78 is 49.7. The molecular formula is C36H64O22. The van der Waals surface area contributed by atoms with Gasteiger partial charge in [-0.15, -0.1) is 0 Å². The normalized spacial score (nSPS) is 42.1. The van der Waals surface area contributed by atoms with Crippen molar-refractivity contribution < 1.29 is 109 Å². The van der Waals surface area contributed by atoms with E-state index in [1.807, 2.05) is 0 Å². The van der Waals surface area contributed by atoms with Crippen LogP contribution in [0.15, 0.2) is 0 Å². The van der Waals surface area contributed by atoms with Gasteiger partial charge in [0.25, 0.3) is 0 Å². The Morgan fingerprint density at radius 2 is 0.845 bits per heavy atom. The minimum absolute atomic E-state index is 0.120. The van der Waals surface area contributed by atoms with Crippen LogP contribution in [-0.4, -0.2) is 224 Å². The Labute approximate surface area is 335 Å². The maximum Gasteiger partial charge on any atom is 0.305 e. The van der Waals surface area contributed by atoms with Gasteiger partial charge < -0.3 is 104 Å². The van der Waals surface area contributed by atoms with Crippen LogP contribution in [0.3, 0.4) is 0 Å². The maximum absolute atomic E-state index is 11.2. The Morgan fingerprint density at radius 3 is 1.36 bits per heavy atom. The van der Waals surface area contributed by atoms with Gasteiger partial charge in [0, 0.05) is 13.0 Å². The Morgan fingerprint density at radius 1 is 0.448 bits per heavy atom. The molecule has 4 saturated heterocycles. The first-order valence-corrected chi connectivity index (χ1v) is 19.9. The van der Waals surface area contributed by atoms with Gasteiger partial charge in [0.2, 0.25) is 0 Å². The molecule has 4 fully saturated rings. The molecule has 22 heteroatoms. The van der Waals surface area contributed by atoms with E-state index < -0.39 is 143 Å². The Bertz CT molecular complexity index is 1170. The van der Waals surface area contributed by atoms with E-state index in [0.717, 1.165) is 51.4 Å². The topological polar surface area (TPSA) is 343 Å². The number of unbranched alkanes of at least 4 members (excludes halogenated alkanes) is 8. The van der Waals surface area contributed by atoms with Crippen LogP contribution in [0.4, 0.5) is 0 Å². The van der Waals surface area contributed by atoms with Crippen molar-refractivity contribution >= 4 is 5.97 Å². The predicted octanol–water partition coefficient (Wildman–Crippen LogP) is -5.01. The number of esters is 1. The Balaban J connectivity index is 1.31. The third kappa shape index (κ3) is 13.1. The zero-order valence-electron chi connectivity index (χ0n) is 32.5. The molecule has 4 rings (SSSR count). The number of methoxy groups -OCH3 is 1. The fourth-order valence-electron chi connectivity index (χ4n) is 7.14. The van der Waals surface area contributed by atoms with E-state index >= 15 is 0 Å². The van der Waals surface area contributed by atoms with E-state index in [1.54, 1.807) is 0 Å². The second-order valence-electron chi connectivity index (χ2n) is 15.1. The largest absolute Gasteiger partial charge is 0.469 e. The summed E-state index contributed by atoms with van der Waals surface area (Å²) in [7, 11) is 1.37. The van der Waals surface area contributed by atoms with Gasteiger partial charge in [-0.05, 0) is 12.8 Å². The molecule has 0 unspecified atom stereocenters. The van der Waals surface area contributed by atoms with Gasteiger partial charge >= 0.3 is 5.97 Å². The fraction of sp³-hybridized carbons (Fsp3) is 0.972. The van der Waals surface area contributed by atoms with E-state index in [1.165, 1.54) is 7.11 Å². The zero-order chi connectivity index (χ0) is 42.5. The van der Waals surface area contributed by atoms with Gasteiger partial charge in [0.15, 0.2) is 25.2 Å². The number of aliphatic hydroxyl groups excluding tert-OH is 12. The van der Waals surface area contributed by atoms with Crippen LogP contribution in [0.5, 0.6) is 0 Å². The van der Waals surface area contributed by atoms with Gasteiger partial charge in [0.05, 0.1) is 33.5 Å². The van der Waals surface area contributed by atoms with E-state index in [-0.39, 0.29) is 12.6 Å². The summed E-state index contributed by atoms with van der Waals surface area (Å²) in [5.41, 5.74) is 0. The molecule has 0 amide bonds. The molecule has 4 heterocycles. The van der Waals surface area contributed by atoms with Crippen molar-refractivity contribution in [1.82, 2.24) is 0 Å². The van der Waals surface area contributed by atoms with Crippen molar-refractivity contribution in [2.75, 3.05) is 40.1 Å². The first-order valence-electron chi connectivity index (χ1n) is 19.9. The Kier molecular flexibility index (Phi) is 20.7. The molecule has 4 aliphatic heterocycles. The highest BCUT2D eigenvalue weighted by Gasteiger charge is 2.52. The average molecular weight is 849 g/mol. The van der Waals surface area contributed by atoms with Crippen molar-refractivity contribution in [2.45, 2.75) is 181 Å². The van der Waals surface area contributed by atoms with Crippen molar-refractivity contribution in [2.24, 2.45) is 0 Å². The van der Waals surface area contributed by atoms with E-state index in [9.17, 15) is 66.1 Å². The SMILES string of the molecule is COC(=O)CCCCCCCCCCCO[C@@H]1O[C@H](CO[C@@H]2O[C@H](CO[C@@H]3O[C@H](CO)[C@H](O)[C@H](O)[C@H]3O)[C@H](O)[C@H](O)[C@H]2O)[C@H](O)[C@H](O)[C@H]1O[C@H]1O[C@@H](CO)[C@H](O)[C@H]1O. The molecule has 0 aliphatic carbocycles. The molecule has 0 spiro atoms. The van der Waals surface area contributed by atoms with Crippen LogP contribution in [0, 0.1) is 0 Å². The van der Waals surface area contributed by atoms with Gasteiger partial charge in [-0.2, -0.15) is 0 Å². The molecule has 0 aromatic carbocycles. The number of rotatable bonds is 23. The first-order chi connectivity index (χ1) is 27.7. The third-order valence-corrected chi connectivity index (χ3v) is 10.8. The number of hydrogen-bond donors (Lipinski definition) is 12. The number of carbonyl (C=O) groups excluding carboxylic acids is 1. The summed E-state index contributed by atoms with van der Waals surface area (Å²) in [6, 6.07) is 0. The molecule has 4 aliphatic rings. The van der Waals surface area contributed by atoms with E-state index in [4.69, 9.17) is 37.9 Å². The molecule has 58 heavy (non-hydrogen) atoms. The number of carbonyl (C=O) groups is 1.